The second-order valence-corrected chi connectivity index (χ2v) is 7.94. The first-order valence-corrected chi connectivity index (χ1v) is 8.25. The third-order valence-corrected chi connectivity index (χ3v) is 5.98. The van der Waals surface area contributed by atoms with Crippen LogP contribution >= 0.6 is 11.3 Å². The summed E-state index contributed by atoms with van der Waals surface area (Å²) in [5, 5.41) is 3.03. The van der Waals surface area contributed by atoms with Gasteiger partial charge in [-0.25, -0.2) is 18.4 Å². The van der Waals surface area contributed by atoms with Crippen LogP contribution in [0.15, 0.2) is 18.3 Å². The molecule has 8 heteroatoms. The molecule has 0 bridgehead atoms. The number of sulfone groups is 1. The largest absolute Gasteiger partial charge is 0.343 e. The maximum Gasteiger partial charge on any atom is 0.280 e. The fourth-order valence-electron chi connectivity index (χ4n) is 2.20. The maximum atomic E-state index is 12.0. The fraction of sp³-hybridized carbons (Fsp3) is 0.364. The molecular formula is C11H11N3O3S2. The predicted octanol–water partition coefficient (Wildman–Crippen LogP) is 0.608. The molecule has 1 fully saturated rings. The van der Waals surface area contributed by atoms with E-state index in [0.29, 0.717) is 15.4 Å². The molecule has 0 radical (unpaired) electrons. The zero-order valence-corrected chi connectivity index (χ0v) is 11.7. The van der Waals surface area contributed by atoms with Crippen LogP contribution in [0.25, 0.3) is 10.3 Å². The number of pyridine rings is 1. The molecule has 0 unspecified atom stereocenters. The standard InChI is InChI=1S/C11H11N3O3S2/c1-11(5-19(16,17)6-11)14-8(15)10-13-7-3-2-4-12-9(7)18-10/h2-4H,5-6H2,1H3,(H,14,15). The van der Waals surface area contributed by atoms with Crippen LogP contribution in [0.5, 0.6) is 0 Å². The predicted molar refractivity (Wildman–Crippen MR) is 71.9 cm³/mol. The van der Waals surface area contributed by atoms with Crippen molar-refractivity contribution in [1.82, 2.24) is 15.3 Å². The Bertz CT molecular complexity index is 721. The van der Waals surface area contributed by atoms with Gasteiger partial charge in [0.05, 0.1) is 17.0 Å². The van der Waals surface area contributed by atoms with Crippen molar-refractivity contribution in [2.24, 2.45) is 0 Å². The number of thiazole rings is 1. The van der Waals surface area contributed by atoms with Crippen molar-refractivity contribution in [3.05, 3.63) is 23.3 Å². The zero-order valence-electron chi connectivity index (χ0n) is 10.1. The number of aromatic nitrogens is 2. The van der Waals surface area contributed by atoms with E-state index in [1.807, 2.05) is 0 Å². The minimum atomic E-state index is -2.99. The third kappa shape index (κ3) is 2.33. The molecule has 2 aromatic heterocycles. The van der Waals surface area contributed by atoms with E-state index in [2.05, 4.69) is 15.3 Å². The van der Waals surface area contributed by atoms with E-state index in [0.717, 1.165) is 0 Å². The van der Waals surface area contributed by atoms with Gasteiger partial charge in [-0.3, -0.25) is 4.79 Å². The van der Waals surface area contributed by atoms with Crippen molar-refractivity contribution in [3.8, 4) is 0 Å². The summed E-state index contributed by atoms with van der Waals surface area (Å²) in [5.41, 5.74) is -0.00896. The third-order valence-electron chi connectivity index (χ3n) is 2.85. The van der Waals surface area contributed by atoms with Crippen LogP contribution in [0.2, 0.25) is 0 Å². The van der Waals surface area contributed by atoms with Crippen LogP contribution in [0.3, 0.4) is 0 Å². The molecule has 1 aliphatic heterocycles. The lowest BCUT2D eigenvalue weighted by Crippen LogP contribution is -2.63. The average molecular weight is 297 g/mol. The number of nitrogens with one attached hydrogen (secondary N) is 1. The van der Waals surface area contributed by atoms with Gasteiger partial charge in [0.25, 0.3) is 5.91 Å². The summed E-state index contributed by atoms with van der Waals surface area (Å²) in [7, 11) is -2.99. The Hall–Kier alpha value is -1.54. The summed E-state index contributed by atoms with van der Waals surface area (Å²) in [5.74, 6) is -0.385. The summed E-state index contributed by atoms with van der Waals surface area (Å²) < 4.78 is 22.4. The number of nitrogens with zero attached hydrogens (tertiary/aromatic N) is 2. The van der Waals surface area contributed by atoms with E-state index in [1.54, 1.807) is 25.3 Å². The van der Waals surface area contributed by atoms with E-state index >= 15 is 0 Å². The van der Waals surface area contributed by atoms with E-state index in [1.165, 1.54) is 11.3 Å². The molecule has 1 N–H and O–H groups in total. The van der Waals surface area contributed by atoms with Gasteiger partial charge in [0.15, 0.2) is 14.8 Å². The summed E-state index contributed by atoms with van der Waals surface area (Å²) in [6, 6.07) is 3.54. The Morgan fingerprint density at radius 1 is 1.47 bits per heavy atom. The Morgan fingerprint density at radius 3 is 2.84 bits per heavy atom. The molecule has 0 atom stereocenters. The highest BCUT2D eigenvalue weighted by atomic mass is 32.2. The van der Waals surface area contributed by atoms with Gasteiger partial charge in [-0.2, -0.15) is 0 Å². The summed E-state index contributed by atoms with van der Waals surface area (Å²) in [6.45, 7) is 1.72. The minimum absolute atomic E-state index is 0.0190. The molecule has 3 rings (SSSR count). The highest BCUT2D eigenvalue weighted by molar-refractivity contribution is 7.93. The van der Waals surface area contributed by atoms with Crippen LogP contribution in [0.4, 0.5) is 0 Å². The Morgan fingerprint density at radius 2 is 2.21 bits per heavy atom. The molecule has 0 saturated carbocycles. The molecule has 6 nitrogen and oxygen atoms in total. The van der Waals surface area contributed by atoms with Crippen LogP contribution in [0.1, 0.15) is 16.7 Å². The van der Waals surface area contributed by atoms with Gasteiger partial charge in [-0.15, -0.1) is 0 Å². The molecule has 2 aromatic rings. The normalized spacial score (nSPS) is 19.8. The number of hydrogen-bond acceptors (Lipinski definition) is 6. The fourth-order valence-corrected chi connectivity index (χ4v) is 5.00. The number of fused-ring (bicyclic) bond motifs is 1. The van der Waals surface area contributed by atoms with E-state index in [4.69, 9.17) is 0 Å². The quantitative estimate of drug-likeness (QED) is 0.877. The van der Waals surface area contributed by atoms with Gasteiger partial charge < -0.3 is 5.32 Å². The van der Waals surface area contributed by atoms with Crippen LogP contribution in [-0.4, -0.2) is 41.3 Å². The van der Waals surface area contributed by atoms with Gasteiger partial charge in [0, 0.05) is 6.20 Å². The number of carbonyl (C=O) groups excluding carboxylic acids is 1. The molecule has 1 amide bonds. The number of carbonyl (C=O) groups is 1. The maximum absolute atomic E-state index is 12.0. The topological polar surface area (TPSA) is 89.0 Å². The van der Waals surface area contributed by atoms with Crippen molar-refractivity contribution in [2.75, 3.05) is 11.5 Å². The average Bonchev–Trinajstić information content (AvgIpc) is 2.69. The van der Waals surface area contributed by atoms with Gasteiger partial charge in [0.1, 0.15) is 10.3 Å². The summed E-state index contributed by atoms with van der Waals surface area (Å²) in [6.07, 6.45) is 1.64. The number of hydrogen-bond donors (Lipinski definition) is 1. The highest BCUT2D eigenvalue weighted by Gasteiger charge is 2.46. The molecule has 100 valence electrons. The van der Waals surface area contributed by atoms with Gasteiger partial charge in [-0.05, 0) is 19.1 Å². The van der Waals surface area contributed by atoms with Crippen LogP contribution in [-0.2, 0) is 9.84 Å². The molecule has 3 heterocycles. The SMILES string of the molecule is CC1(NC(=O)c2nc3cccnc3s2)CS(=O)(=O)C1. The van der Waals surface area contributed by atoms with Crippen molar-refractivity contribution in [1.29, 1.82) is 0 Å². The van der Waals surface area contributed by atoms with Crippen LogP contribution < -0.4 is 5.32 Å². The monoisotopic (exact) mass is 297 g/mol. The lowest BCUT2D eigenvalue weighted by atomic mass is 10.1. The molecule has 19 heavy (non-hydrogen) atoms. The second kappa shape index (κ2) is 3.97. The first-order chi connectivity index (χ1) is 8.87. The van der Waals surface area contributed by atoms with E-state index in [-0.39, 0.29) is 17.4 Å². The smallest absolute Gasteiger partial charge is 0.280 e. The van der Waals surface area contributed by atoms with Crippen molar-refractivity contribution in [2.45, 2.75) is 12.5 Å². The summed E-state index contributed by atoms with van der Waals surface area (Å²) >= 11 is 1.20. The van der Waals surface area contributed by atoms with Crippen molar-refractivity contribution < 1.29 is 13.2 Å². The van der Waals surface area contributed by atoms with Crippen molar-refractivity contribution in [3.63, 3.8) is 0 Å². The molecular weight excluding hydrogens is 286 g/mol. The summed E-state index contributed by atoms with van der Waals surface area (Å²) in [4.78, 5) is 21.0. The first kappa shape index (κ1) is 12.5. The van der Waals surface area contributed by atoms with Gasteiger partial charge >= 0.3 is 0 Å². The molecule has 0 aliphatic carbocycles. The molecule has 0 aromatic carbocycles. The lowest BCUT2D eigenvalue weighted by Gasteiger charge is -2.37. The van der Waals surface area contributed by atoms with Gasteiger partial charge in [0.2, 0.25) is 0 Å². The first-order valence-electron chi connectivity index (χ1n) is 5.61. The van der Waals surface area contributed by atoms with E-state index in [9.17, 15) is 13.2 Å². The zero-order chi connectivity index (χ0) is 13.7. The van der Waals surface area contributed by atoms with Crippen LogP contribution in [0, 0.1) is 0 Å². The molecule has 1 saturated heterocycles. The molecule has 1 aliphatic rings. The Kier molecular flexibility index (Phi) is 2.61. The molecule has 0 spiro atoms. The number of amides is 1. The van der Waals surface area contributed by atoms with Gasteiger partial charge in [-0.1, -0.05) is 11.3 Å². The minimum Gasteiger partial charge on any atom is -0.343 e. The Labute approximate surface area is 113 Å². The van der Waals surface area contributed by atoms with Crippen molar-refractivity contribution >= 4 is 37.4 Å². The lowest BCUT2D eigenvalue weighted by molar-refractivity contribution is 0.0917. The Balaban J connectivity index is 1.81. The second-order valence-electron chi connectivity index (χ2n) is 4.89. The van der Waals surface area contributed by atoms with E-state index < -0.39 is 15.4 Å². The highest BCUT2D eigenvalue weighted by Crippen LogP contribution is 2.25. The number of rotatable bonds is 2.